The van der Waals surface area contributed by atoms with Gasteiger partial charge in [-0.3, -0.25) is 11.5 Å². The molecule has 0 aromatic heterocycles. The molecule has 0 radical (unpaired) electrons. The van der Waals surface area contributed by atoms with E-state index in [2.05, 4.69) is 4.43 Å². The molecule has 0 unspecified atom stereocenters. The van der Waals surface area contributed by atoms with E-state index in [1.54, 1.807) is 0 Å². The highest BCUT2D eigenvalue weighted by Crippen LogP contribution is 1.52. The highest BCUT2D eigenvalue weighted by Gasteiger charge is 1.77. The minimum Gasteiger partial charge on any atom is -0.402 e. The monoisotopic (exact) mass is 92.0 g/mol. The van der Waals surface area contributed by atoms with E-state index >= 15 is 0 Å². The van der Waals surface area contributed by atoms with Crippen molar-refractivity contribution >= 4 is 10.5 Å². The van der Waals surface area contributed by atoms with E-state index in [4.69, 9.17) is 11.5 Å². The van der Waals surface area contributed by atoms with E-state index in [1.807, 2.05) is 0 Å². The third-order valence-corrected chi connectivity index (χ3v) is 0.816. The highest BCUT2D eigenvalue weighted by molar-refractivity contribution is 5.98. The smallest absolute Gasteiger partial charge is 0.149 e. The summed E-state index contributed by atoms with van der Waals surface area (Å²) >= 11 is 0. The van der Waals surface area contributed by atoms with E-state index in [0.717, 1.165) is 0 Å². The minimum absolute atomic E-state index is 0.554. The molecule has 32 valence electrons. The van der Waals surface area contributed by atoms with Crippen molar-refractivity contribution in [1.29, 1.82) is 0 Å². The molecule has 0 atom stereocenters. The summed E-state index contributed by atoms with van der Waals surface area (Å²) in [6.45, 7) is 0. The summed E-state index contributed by atoms with van der Waals surface area (Å²) in [5.41, 5.74) is 9.76. The SMILES string of the molecule is NC(N)O[SiH3]. The molecule has 0 amide bonds. The van der Waals surface area contributed by atoms with Crippen molar-refractivity contribution in [2.24, 2.45) is 11.5 Å². The summed E-state index contributed by atoms with van der Waals surface area (Å²) in [6.07, 6.45) is -0.554. The molecule has 0 aromatic rings. The molecule has 4 N–H and O–H groups in total. The first-order valence-corrected chi connectivity index (χ1v) is 2.13. The van der Waals surface area contributed by atoms with Gasteiger partial charge in [-0.25, -0.2) is 0 Å². The van der Waals surface area contributed by atoms with Gasteiger partial charge in [0.25, 0.3) is 0 Å². The van der Waals surface area contributed by atoms with Crippen LogP contribution in [-0.2, 0) is 4.43 Å². The Hall–Kier alpha value is 0.0969. The second-order valence-electron chi connectivity index (χ2n) is 0.700. The molecule has 0 aliphatic rings. The molecule has 5 heavy (non-hydrogen) atoms. The van der Waals surface area contributed by atoms with Gasteiger partial charge in [0.05, 0.1) is 0 Å². The van der Waals surface area contributed by atoms with E-state index in [9.17, 15) is 0 Å². The Morgan fingerprint density at radius 1 is 1.60 bits per heavy atom. The first kappa shape index (κ1) is 5.10. The Labute approximate surface area is 33.8 Å². The number of hydrogen-bond donors (Lipinski definition) is 2. The van der Waals surface area contributed by atoms with Crippen molar-refractivity contribution in [2.45, 2.75) is 6.35 Å². The van der Waals surface area contributed by atoms with E-state index in [0.29, 0.717) is 10.5 Å². The molecule has 0 bridgehead atoms. The predicted molar refractivity (Wildman–Crippen MR) is 23.2 cm³/mol. The van der Waals surface area contributed by atoms with Gasteiger partial charge >= 0.3 is 0 Å². The highest BCUT2D eigenvalue weighted by atomic mass is 28.2. The Morgan fingerprint density at radius 2 is 1.80 bits per heavy atom. The zero-order valence-corrected chi connectivity index (χ0v) is 5.14. The molecule has 3 nitrogen and oxygen atoms in total. The molecule has 0 saturated heterocycles. The van der Waals surface area contributed by atoms with Gasteiger partial charge < -0.3 is 4.43 Å². The standard InChI is InChI=1S/CH8N2OSi/c2-1(3)4-5/h1H,2-3H2,5H3. The fourth-order valence-corrected chi connectivity index (χ4v) is 0. The number of nitrogens with two attached hydrogens (primary N) is 2. The molecule has 0 aromatic carbocycles. The molecular weight excluding hydrogens is 84.1 g/mol. The molecule has 0 fully saturated rings. The van der Waals surface area contributed by atoms with Gasteiger partial charge in [0.15, 0.2) is 0 Å². The van der Waals surface area contributed by atoms with Gasteiger partial charge in [-0.1, -0.05) is 0 Å². The Morgan fingerprint density at radius 3 is 1.80 bits per heavy atom. The largest absolute Gasteiger partial charge is 0.402 e. The van der Waals surface area contributed by atoms with Gasteiger partial charge in [0, 0.05) is 0 Å². The fraction of sp³-hybridized carbons (Fsp3) is 1.00. The Bertz CT molecular complexity index is 23.6. The van der Waals surface area contributed by atoms with Crippen LogP contribution >= 0.6 is 0 Å². The molecule has 0 heterocycles. The second kappa shape index (κ2) is 2.34. The molecular formula is CH8N2OSi. The van der Waals surface area contributed by atoms with E-state index < -0.39 is 6.35 Å². The molecule has 0 aliphatic carbocycles. The normalized spacial score (nSPS) is 10.2. The van der Waals surface area contributed by atoms with Crippen LogP contribution in [0.25, 0.3) is 0 Å². The summed E-state index contributed by atoms with van der Waals surface area (Å²) in [4.78, 5) is 0. The molecule has 0 spiro atoms. The zero-order chi connectivity index (χ0) is 4.28. The number of rotatable bonds is 1. The van der Waals surface area contributed by atoms with Crippen molar-refractivity contribution in [3.05, 3.63) is 0 Å². The van der Waals surface area contributed by atoms with Gasteiger partial charge in [-0.05, 0) is 0 Å². The topological polar surface area (TPSA) is 61.3 Å². The van der Waals surface area contributed by atoms with Gasteiger partial charge in [-0.15, -0.1) is 0 Å². The summed E-state index contributed by atoms with van der Waals surface area (Å²) in [7, 11) is 0.623. The predicted octanol–water partition coefficient (Wildman–Crippen LogP) is -2.52. The van der Waals surface area contributed by atoms with E-state index in [1.165, 1.54) is 0 Å². The zero-order valence-electron chi connectivity index (χ0n) is 3.14. The lowest BCUT2D eigenvalue weighted by Gasteiger charge is -1.96. The van der Waals surface area contributed by atoms with Crippen molar-refractivity contribution in [3.63, 3.8) is 0 Å². The van der Waals surface area contributed by atoms with Crippen LogP contribution in [0.15, 0.2) is 0 Å². The van der Waals surface area contributed by atoms with Gasteiger partial charge in [-0.2, -0.15) is 0 Å². The van der Waals surface area contributed by atoms with Crippen LogP contribution in [-0.4, -0.2) is 16.8 Å². The quantitative estimate of drug-likeness (QED) is 0.277. The summed E-state index contributed by atoms with van der Waals surface area (Å²) < 4.78 is 4.44. The van der Waals surface area contributed by atoms with Crippen molar-refractivity contribution in [3.8, 4) is 0 Å². The summed E-state index contributed by atoms with van der Waals surface area (Å²) in [5.74, 6) is 0. The van der Waals surface area contributed by atoms with Crippen LogP contribution < -0.4 is 11.5 Å². The summed E-state index contributed by atoms with van der Waals surface area (Å²) in [5, 5.41) is 0. The Balaban J connectivity index is 2.54. The number of hydrogen-bond acceptors (Lipinski definition) is 3. The second-order valence-corrected chi connectivity index (χ2v) is 1.17. The van der Waals surface area contributed by atoms with Crippen LogP contribution in [0, 0.1) is 0 Å². The average molecular weight is 92.2 g/mol. The average Bonchev–Trinajstić information content (AvgIpc) is 1.38. The van der Waals surface area contributed by atoms with E-state index in [-0.39, 0.29) is 0 Å². The molecule has 0 saturated carbocycles. The fourth-order valence-electron chi connectivity index (χ4n) is 0. The van der Waals surface area contributed by atoms with Gasteiger partial charge in [0.1, 0.15) is 16.8 Å². The molecule has 0 rings (SSSR count). The van der Waals surface area contributed by atoms with Crippen LogP contribution in [0.1, 0.15) is 0 Å². The first-order chi connectivity index (χ1) is 2.27. The first-order valence-electron chi connectivity index (χ1n) is 1.31. The Kier molecular flexibility index (Phi) is 2.39. The third kappa shape index (κ3) is 4.10. The maximum atomic E-state index is 4.88. The maximum absolute atomic E-state index is 4.88. The van der Waals surface area contributed by atoms with Crippen LogP contribution in [0.5, 0.6) is 0 Å². The van der Waals surface area contributed by atoms with Gasteiger partial charge in [0.2, 0.25) is 0 Å². The molecule has 4 heteroatoms. The van der Waals surface area contributed by atoms with Crippen LogP contribution in [0.2, 0.25) is 0 Å². The minimum atomic E-state index is -0.554. The van der Waals surface area contributed by atoms with Crippen molar-refractivity contribution in [1.82, 2.24) is 0 Å². The lowest BCUT2D eigenvalue weighted by atomic mass is 11.1. The third-order valence-electron chi connectivity index (χ3n) is 0.272. The van der Waals surface area contributed by atoms with Crippen molar-refractivity contribution < 1.29 is 4.43 Å². The van der Waals surface area contributed by atoms with Crippen LogP contribution in [0.3, 0.4) is 0 Å². The maximum Gasteiger partial charge on any atom is 0.149 e. The van der Waals surface area contributed by atoms with Crippen LogP contribution in [0.4, 0.5) is 0 Å². The van der Waals surface area contributed by atoms with Crippen molar-refractivity contribution in [2.75, 3.05) is 0 Å². The molecule has 0 aliphatic heterocycles. The lowest BCUT2D eigenvalue weighted by Crippen LogP contribution is -2.32. The summed E-state index contributed by atoms with van der Waals surface area (Å²) in [6, 6.07) is 0. The lowest BCUT2D eigenvalue weighted by molar-refractivity contribution is 0.240.